The number of carbonyl (C=O) groups excluding carboxylic acids is 5. The molecule has 2 saturated heterocycles. The molecule has 1 aliphatic carbocycles. The summed E-state index contributed by atoms with van der Waals surface area (Å²) in [6.07, 6.45) is -15.4. The molecule has 3 fully saturated rings. The van der Waals surface area contributed by atoms with Crippen LogP contribution < -0.4 is 26.6 Å². The van der Waals surface area contributed by atoms with Crippen molar-refractivity contribution in [1.29, 1.82) is 0 Å². The summed E-state index contributed by atoms with van der Waals surface area (Å²) in [6, 6.07) is -4.88. The van der Waals surface area contributed by atoms with Crippen molar-refractivity contribution >= 4 is 30.3 Å². The van der Waals surface area contributed by atoms with Crippen LogP contribution in [0.2, 0.25) is 0 Å². The molecule has 400 valence electrons. The minimum absolute atomic E-state index is 0.143. The summed E-state index contributed by atoms with van der Waals surface area (Å²) in [5.74, 6) is -0.979. The molecule has 0 aromatic carbocycles. The summed E-state index contributed by atoms with van der Waals surface area (Å²) >= 11 is 0. The van der Waals surface area contributed by atoms with Gasteiger partial charge in [0.1, 0.15) is 58.5 Å². The maximum Gasteiger partial charge on any atom is 0.410 e. The van der Waals surface area contributed by atoms with E-state index in [1.54, 1.807) is 83.1 Å². The zero-order valence-corrected chi connectivity index (χ0v) is 42.8. The highest BCUT2D eigenvalue weighted by molar-refractivity contribution is 5.81. The van der Waals surface area contributed by atoms with Crippen molar-refractivity contribution in [2.75, 3.05) is 39.9 Å². The van der Waals surface area contributed by atoms with Crippen LogP contribution in [-0.4, -0.2) is 202 Å². The molecule has 10 N–H and O–H groups in total. The predicted octanol–water partition coefficient (Wildman–Crippen LogP) is 0.859. The summed E-state index contributed by atoms with van der Waals surface area (Å²) < 4.78 is 47.0. The van der Waals surface area contributed by atoms with Gasteiger partial charge in [0.2, 0.25) is 5.91 Å². The maximum atomic E-state index is 13.8. The Morgan fingerprint density at radius 3 is 1.75 bits per heavy atom. The van der Waals surface area contributed by atoms with Crippen LogP contribution in [0.5, 0.6) is 0 Å². The first-order valence-corrected chi connectivity index (χ1v) is 23.5. The zero-order valence-electron chi connectivity index (χ0n) is 42.8. The number of aliphatic hydroxyl groups excluding tert-OH is 4. The van der Waals surface area contributed by atoms with Crippen LogP contribution in [-0.2, 0) is 42.7 Å². The Morgan fingerprint density at radius 1 is 0.710 bits per heavy atom. The van der Waals surface area contributed by atoms with Crippen LogP contribution in [0.3, 0.4) is 0 Å². The van der Waals surface area contributed by atoms with Gasteiger partial charge in [-0.3, -0.25) is 4.79 Å². The predicted molar refractivity (Wildman–Crippen MR) is 245 cm³/mol. The van der Waals surface area contributed by atoms with Crippen molar-refractivity contribution in [3.8, 4) is 0 Å². The highest BCUT2D eigenvalue weighted by Crippen LogP contribution is 2.35. The number of hydrogen-bond acceptors (Lipinski definition) is 19. The quantitative estimate of drug-likeness (QED) is 0.0757. The molecule has 24 heteroatoms. The van der Waals surface area contributed by atoms with Gasteiger partial charge in [-0.1, -0.05) is 0 Å². The van der Waals surface area contributed by atoms with Crippen molar-refractivity contribution in [1.82, 2.24) is 31.5 Å². The Labute approximate surface area is 405 Å². The third-order valence-electron chi connectivity index (χ3n) is 10.7. The Bertz CT molecular complexity index is 1700. The van der Waals surface area contributed by atoms with E-state index in [-0.39, 0.29) is 45.5 Å². The van der Waals surface area contributed by atoms with Gasteiger partial charge in [-0.2, -0.15) is 0 Å². The van der Waals surface area contributed by atoms with Gasteiger partial charge in [0.15, 0.2) is 12.6 Å². The largest absolute Gasteiger partial charge is 0.444 e. The van der Waals surface area contributed by atoms with Crippen molar-refractivity contribution in [3.63, 3.8) is 0 Å². The van der Waals surface area contributed by atoms with Crippen LogP contribution >= 0.6 is 0 Å². The summed E-state index contributed by atoms with van der Waals surface area (Å²) in [4.78, 5) is 67.0. The number of aliphatic hydroxyl groups is 5. The molecule has 0 aromatic heterocycles. The fraction of sp³-hybridized carbons (Fsp3) is 0.889. The SMILES string of the molecule is CN(C(=O)OC(C)(C)C)[C@@H]1C(O)[C@@H](OC2C(O)C(O[C@H]3O[C@H](CNCCO)CCC3NC(=O)OC(C)(C)C)[C@@H](NC(=O)OC(C)(C)C)C[C@H]2NC(=O)[C@@H](O)CCNC(=O)OC(C)(C)C)OCC1(C)O. The van der Waals surface area contributed by atoms with E-state index in [2.05, 4.69) is 26.6 Å². The van der Waals surface area contributed by atoms with Gasteiger partial charge in [-0.25, -0.2) is 19.2 Å². The Morgan fingerprint density at radius 2 is 1.22 bits per heavy atom. The fourth-order valence-corrected chi connectivity index (χ4v) is 7.88. The molecule has 0 spiro atoms. The first-order valence-electron chi connectivity index (χ1n) is 23.5. The molecule has 0 bridgehead atoms. The summed E-state index contributed by atoms with van der Waals surface area (Å²) in [5.41, 5.74) is -5.49. The van der Waals surface area contributed by atoms with Gasteiger partial charge in [0.25, 0.3) is 0 Å². The number of nitrogens with one attached hydrogen (secondary N) is 5. The Hall–Kier alpha value is -3.85. The smallest absolute Gasteiger partial charge is 0.410 e. The van der Waals surface area contributed by atoms with E-state index in [1.165, 1.54) is 14.0 Å². The number of amides is 5. The lowest BCUT2D eigenvalue weighted by Gasteiger charge is -2.51. The molecule has 1 saturated carbocycles. The molecule has 2 aliphatic heterocycles. The first kappa shape index (κ1) is 59.5. The second-order valence-corrected chi connectivity index (χ2v) is 22.0. The molecule has 0 aromatic rings. The van der Waals surface area contributed by atoms with Crippen molar-refractivity contribution in [3.05, 3.63) is 0 Å². The maximum absolute atomic E-state index is 13.8. The summed E-state index contributed by atoms with van der Waals surface area (Å²) in [5, 5.41) is 70.0. The molecule has 2 heterocycles. The van der Waals surface area contributed by atoms with Gasteiger partial charge in [0, 0.05) is 26.7 Å². The van der Waals surface area contributed by atoms with E-state index in [9.17, 15) is 49.5 Å². The van der Waals surface area contributed by atoms with Crippen LogP contribution in [0.4, 0.5) is 19.2 Å². The van der Waals surface area contributed by atoms with Gasteiger partial charge in [0.05, 0.1) is 43.5 Å². The second-order valence-electron chi connectivity index (χ2n) is 22.0. The average molecular weight is 995 g/mol. The molecule has 24 nitrogen and oxygen atoms in total. The molecule has 13 atom stereocenters. The van der Waals surface area contributed by atoms with Crippen molar-refractivity contribution < 1.29 is 87.4 Å². The topological polar surface area (TPSA) is 324 Å². The molecular formula is C45H82N6O18. The van der Waals surface area contributed by atoms with E-state index in [1.807, 2.05) is 0 Å². The van der Waals surface area contributed by atoms with Crippen LogP contribution in [0.25, 0.3) is 0 Å². The summed E-state index contributed by atoms with van der Waals surface area (Å²) in [7, 11) is 1.31. The van der Waals surface area contributed by atoms with Gasteiger partial charge in [-0.15, -0.1) is 0 Å². The minimum Gasteiger partial charge on any atom is -0.444 e. The average Bonchev–Trinajstić information content (AvgIpc) is 3.16. The number of likely N-dealkylation sites (N-methyl/N-ethyl adjacent to an activating group) is 1. The van der Waals surface area contributed by atoms with Crippen LogP contribution in [0.1, 0.15) is 116 Å². The molecule has 3 rings (SSSR count). The number of nitrogens with zero attached hydrogens (tertiary/aromatic N) is 1. The van der Waals surface area contributed by atoms with E-state index in [0.717, 1.165) is 4.90 Å². The molecule has 3 aliphatic rings. The minimum atomic E-state index is -1.88. The van der Waals surface area contributed by atoms with Crippen molar-refractivity contribution in [2.45, 2.75) is 217 Å². The lowest BCUT2D eigenvalue weighted by molar-refractivity contribution is -0.314. The fourth-order valence-electron chi connectivity index (χ4n) is 7.88. The number of carbonyl (C=O) groups is 5. The van der Waals surface area contributed by atoms with E-state index in [4.69, 9.17) is 37.9 Å². The highest BCUT2D eigenvalue weighted by Gasteiger charge is 2.55. The van der Waals surface area contributed by atoms with Gasteiger partial charge >= 0.3 is 24.4 Å². The van der Waals surface area contributed by atoms with Gasteiger partial charge < -0.3 is 94.9 Å². The van der Waals surface area contributed by atoms with Crippen molar-refractivity contribution in [2.24, 2.45) is 0 Å². The molecule has 69 heavy (non-hydrogen) atoms. The van der Waals surface area contributed by atoms with Crippen LogP contribution in [0, 0.1) is 0 Å². The van der Waals surface area contributed by atoms with E-state index >= 15 is 0 Å². The lowest BCUT2D eigenvalue weighted by Crippen LogP contribution is -2.71. The number of rotatable bonds is 16. The number of hydrogen-bond donors (Lipinski definition) is 10. The summed E-state index contributed by atoms with van der Waals surface area (Å²) in [6.45, 7) is 20.9. The van der Waals surface area contributed by atoms with Crippen LogP contribution in [0.15, 0.2) is 0 Å². The monoisotopic (exact) mass is 995 g/mol. The standard InChI is InChI=1S/C45H82N6O18/c1-41(2,3)66-37(57)47-18-17-28(53)34(56)48-26-21-27(50-39(59)68-43(7,8)9)32(64-35-25(49-38(58)67-42(4,5)6)16-15-24(63-35)22-46-19-20-52)29(54)31(26)65-36-30(55)33(45(13,61)23-62-36)51(14)40(60)69-44(10,11)12/h24-33,35-36,46,52-55,61H,15-23H2,1-14H3,(H,47,57)(H,48,56)(H,49,58)(H,50,59)/t24-,25?,26+,27-,28-,29?,30?,31?,32?,33+,35+,36+,45?/m0/s1. The third kappa shape index (κ3) is 19.7. The second kappa shape index (κ2) is 24.5. The molecule has 0 radical (unpaired) electrons. The molecule has 6 unspecified atom stereocenters. The van der Waals surface area contributed by atoms with E-state index in [0.29, 0.717) is 6.42 Å². The zero-order chi connectivity index (χ0) is 52.4. The third-order valence-corrected chi connectivity index (χ3v) is 10.7. The van der Waals surface area contributed by atoms with Gasteiger partial charge in [-0.05, 0) is 116 Å². The first-order chi connectivity index (χ1) is 31.6. The highest BCUT2D eigenvalue weighted by atomic mass is 16.7. The van der Waals surface area contributed by atoms with E-state index < -0.39 is 138 Å². The Kier molecular flexibility index (Phi) is 21.1. The normalized spacial score (nSPS) is 30.5. The number of alkyl carbamates (subject to hydrolysis) is 3. The lowest BCUT2D eigenvalue weighted by atomic mass is 9.82. The molecule has 5 amide bonds. The Balaban J connectivity index is 2.10. The number of ether oxygens (including phenoxy) is 8. The molecular weight excluding hydrogens is 913 g/mol.